The largest absolute Gasteiger partial charge is 0.363 e. The topological polar surface area (TPSA) is 90.1 Å². The second kappa shape index (κ2) is 3.66. The number of pyridine rings is 1. The Hall–Kier alpha value is -2.69. The van der Waals surface area contributed by atoms with Gasteiger partial charge in [-0.15, -0.1) is 0 Å². The molecule has 3 rings (SSSR count). The first-order chi connectivity index (χ1) is 8.66. The molecule has 5 heteroatoms. The van der Waals surface area contributed by atoms with E-state index in [0.717, 1.165) is 21.8 Å². The Morgan fingerprint density at radius 3 is 2.67 bits per heavy atom. The van der Waals surface area contributed by atoms with Crippen molar-refractivity contribution >= 4 is 33.5 Å². The quantitative estimate of drug-likeness (QED) is 0.512. The van der Waals surface area contributed by atoms with Crippen molar-refractivity contribution in [3.05, 3.63) is 42.2 Å². The monoisotopic (exact) mass is 240 g/mol. The van der Waals surface area contributed by atoms with Crippen LogP contribution in [-0.4, -0.2) is 16.7 Å². The third-order valence-electron chi connectivity index (χ3n) is 2.92. The number of primary amides is 1. The van der Waals surface area contributed by atoms with E-state index in [1.807, 2.05) is 24.4 Å². The fraction of sp³-hybridized carbons (Fsp3) is 0. The molecule has 0 unspecified atom stereocenters. The summed E-state index contributed by atoms with van der Waals surface area (Å²) in [4.78, 5) is 28.5. The van der Waals surface area contributed by atoms with Gasteiger partial charge in [0.15, 0.2) is 6.20 Å². The molecule has 0 aliphatic heterocycles. The number of hydrogen-bond acceptors (Lipinski definition) is 2. The van der Waals surface area contributed by atoms with Crippen LogP contribution >= 0.6 is 0 Å². The minimum Gasteiger partial charge on any atom is -0.363 e. The molecule has 0 saturated heterocycles. The van der Waals surface area contributed by atoms with E-state index in [9.17, 15) is 9.59 Å². The van der Waals surface area contributed by atoms with E-state index in [4.69, 9.17) is 5.73 Å². The van der Waals surface area contributed by atoms with Crippen LogP contribution in [-0.2, 0) is 4.79 Å². The molecule has 0 bridgehead atoms. The van der Waals surface area contributed by atoms with Crippen molar-refractivity contribution < 1.29 is 14.6 Å². The van der Waals surface area contributed by atoms with Gasteiger partial charge in [0.25, 0.3) is 11.7 Å². The van der Waals surface area contributed by atoms with E-state index in [1.165, 1.54) is 0 Å². The lowest BCUT2D eigenvalue weighted by molar-refractivity contribution is -0.341. The first-order valence-electron chi connectivity index (χ1n) is 5.43. The minimum absolute atomic E-state index is 0.198. The van der Waals surface area contributed by atoms with Gasteiger partial charge in [-0.1, -0.05) is 6.07 Å². The molecule has 2 aromatic heterocycles. The summed E-state index contributed by atoms with van der Waals surface area (Å²) in [5, 5.41) is 1.93. The van der Waals surface area contributed by atoms with Gasteiger partial charge in [0.1, 0.15) is 0 Å². The standard InChI is InChI=1S/C13H9N3O2/c14-13(18)12(17)10-4-2-7-1-3-9-8(5-6-15-9)11(7)16-10/h1-6,16H,(H2,14,18)/p+1. The highest BCUT2D eigenvalue weighted by molar-refractivity contribution is 6.41. The molecule has 88 valence electrons. The molecular formula is C13H10N3O2+. The van der Waals surface area contributed by atoms with Crippen LogP contribution in [0.5, 0.6) is 0 Å². The summed E-state index contributed by atoms with van der Waals surface area (Å²) in [6.45, 7) is 0. The summed E-state index contributed by atoms with van der Waals surface area (Å²) in [6, 6.07) is 9.15. The second-order valence-corrected chi connectivity index (χ2v) is 4.03. The summed E-state index contributed by atoms with van der Waals surface area (Å²) < 4.78 is 0. The number of H-pyrrole nitrogens is 2. The van der Waals surface area contributed by atoms with Crippen molar-refractivity contribution in [3.63, 3.8) is 0 Å². The molecule has 18 heavy (non-hydrogen) atoms. The lowest BCUT2D eigenvalue weighted by Gasteiger charge is -2.02. The van der Waals surface area contributed by atoms with Gasteiger partial charge in [-0.25, -0.2) is 4.98 Å². The van der Waals surface area contributed by atoms with Gasteiger partial charge in [0.05, 0.1) is 16.6 Å². The third kappa shape index (κ3) is 1.45. The number of rotatable bonds is 2. The van der Waals surface area contributed by atoms with Crippen LogP contribution in [0.25, 0.3) is 21.8 Å². The number of aromatic nitrogens is 2. The Kier molecular flexibility index (Phi) is 2.13. The predicted octanol–water partition coefficient (Wildman–Crippen LogP) is 0.803. The molecule has 0 atom stereocenters. The number of carbonyl (C=O) groups excluding carboxylic acids is 2. The maximum Gasteiger partial charge on any atom is 0.291 e. The Labute approximate surface area is 102 Å². The molecular weight excluding hydrogens is 230 g/mol. The smallest absolute Gasteiger partial charge is 0.291 e. The van der Waals surface area contributed by atoms with Crippen LogP contribution in [0.1, 0.15) is 10.5 Å². The first-order valence-corrected chi connectivity index (χ1v) is 5.43. The van der Waals surface area contributed by atoms with Crippen molar-refractivity contribution in [2.45, 2.75) is 0 Å². The summed E-state index contributed by atoms with van der Waals surface area (Å²) in [5.74, 6) is -1.68. The molecule has 3 aromatic rings. The molecule has 0 aliphatic carbocycles. The van der Waals surface area contributed by atoms with Crippen LogP contribution in [0, 0.1) is 0 Å². The van der Waals surface area contributed by atoms with Crippen molar-refractivity contribution in [2.75, 3.05) is 0 Å². The number of fused-ring (bicyclic) bond motifs is 3. The Morgan fingerprint density at radius 1 is 1.11 bits per heavy atom. The molecule has 2 heterocycles. The maximum absolute atomic E-state index is 11.5. The molecule has 1 amide bonds. The fourth-order valence-electron chi connectivity index (χ4n) is 2.04. The van der Waals surface area contributed by atoms with E-state index in [0.29, 0.717) is 0 Å². The summed E-state index contributed by atoms with van der Waals surface area (Å²) in [7, 11) is 0. The number of nitrogens with one attached hydrogen (secondary N) is 2. The molecule has 0 fully saturated rings. The van der Waals surface area contributed by atoms with Gasteiger partial charge in [-0.2, -0.15) is 0 Å². The lowest BCUT2D eigenvalue weighted by Crippen LogP contribution is -2.23. The van der Waals surface area contributed by atoms with Crippen LogP contribution in [0.4, 0.5) is 0 Å². The number of amides is 1. The maximum atomic E-state index is 11.5. The van der Waals surface area contributed by atoms with Crippen molar-refractivity contribution in [1.82, 2.24) is 4.98 Å². The molecule has 1 aromatic carbocycles. The number of ketones is 1. The number of hydrogen-bond donors (Lipinski definition) is 2. The number of nitrogens with two attached hydrogens (primary N) is 1. The van der Waals surface area contributed by atoms with Gasteiger partial charge >= 0.3 is 0 Å². The molecule has 0 saturated carbocycles. The lowest BCUT2D eigenvalue weighted by atomic mass is 10.1. The van der Waals surface area contributed by atoms with Crippen LogP contribution in [0.3, 0.4) is 0 Å². The third-order valence-corrected chi connectivity index (χ3v) is 2.92. The summed E-state index contributed by atoms with van der Waals surface area (Å²) in [5.41, 5.74) is 6.95. The zero-order valence-corrected chi connectivity index (χ0v) is 9.36. The molecule has 0 aliphatic rings. The highest BCUT2D eigenvalue weighted by atomic mass is 16.2. The highest BCUT2D eigenvalue weighted by Crippen LogP contribution is 2.21. The van der Waals surface area contributed by atoms with E-state index >= 15 is 0 Å². The zero-order valence-electron chi connectivity index (χ0n) is 9.36. The van der Waals surface area contributed by atoms with Crippen LogP contribution < -0.4 is 10.7 Å². The Bertz CT molecular complexity index is 789. The van der Waals surface area contributed by atoms with Crippen molar-refractivity contribution in [3.8, 4) is 0 Å². The fourth-order valence-corrected chi connectivity index (χ4v) is 2.04. The highest BCUT2D eigenvalue weighted by Gasteiger charge is 2.14. The number of carbonyl (C=O) groups is 2. The SMILES string of the molecule is NC(=O)C(=O)c1ccc2ccc3[nH+]ccc3c2[nH]1. The average Bonchev–Trinajstić information content (AvgIpc) is 2.85. The molecule has 4 N–H and O–H groups in total. The average molecular weight is 240 g/mol. The number of benzene rings is 1. The molecule has 0 radical (unpaired) electrons. The molecule has 5 nitrogen and oxygen atoms in total. The first kappa shape index (κ1) is 10.5. The summed E-state index contributed by atoms with van der Waals surface area (Å²) >= 11 is 0. The van der Waals surface area contributed by atoms with Crippen LogP contribution in [0.15, 0.2) is 36.5 Å². The number of Topliss-reactive ketones (excluding diaryl/α,β-unsaturated/α-hetero) is 1. The van der Waals surface area contributed by atoms with Gasteiger partial charge in [-0.3, -0.25) is 9.59 Å². The Balaban J connectivity index is 2.33. The summed E-state index contributed by atoms with van der Waals surface area (Å²) in [6.07, 6.45) is 1.82. The van der Waals surface area contributed by atoms with Crippen molar-refractivity contribution in [2.24, 2.45) is 5.73 Å². The molecule has 0 spiro atoms. The normalized spacial score (nSPS) is 10.9. The predicted molar refractivity (Wildman–Crippen MR) is 65.9 cm³/mol. The zero-order chi connectivity index (χ0) is 12.7. The van der Waals surface area contributed by atoms with Gasteiger partial charge in [0, 0.05) is 12.1 Å². The van der Waals surface area contributed by atoms with E-state index in [1.54, 1.807) is 12.1 Å². The van der Waals surface area contributed by atoms with Gasteiger partial charge < -0.3 is 10.7 Å². The second-order valence-electron chi connectivity index (χ2n) is 4.03. The van der Waals surface area contributed by atoms with Gasteiger partial charge in [0.2, 0.25) is 5.52 Å². The minimum atomic E-state index is -0.966. The number of aromatic amines is 2. The van der Waals surface area contributed by atoms with E-state index < -0.39 is 11.7 Å². The van der Waals surface area contributed by atoms with Gasteiger partial charge in [-0.05, 0) is 17.5 Å². The van der Waals surface area contributed by atoms with E-state index in [2.05, 4.69) is 9.97 Å². The van der Waals surface area contributed by atoms with E-state index in [-0.39, 0.29) is 5.69 Å². The van der Waals surface area contributed by atoms with Crippen LogP contribution in [0.2, 0.25) is 0 Å². The van der Waals surface area contributed by atoms with Crippen molar-refractivity contribution in [1.29, 1.82) is 0 Å². The Morgan fingerprint density at radius 2 is 1.89 bits per heavy atom.